The van der Waals surface area contributed by atoms with Crippen LogP contribution in [0.1, 0.15) is 24.4 Å². The van der Waals surface area contributed by atoms with Crippen LogP contribution in [0, 0.1) is 5.82 Å². The summed E-state index contributed by atoms with van der Waals surface area (Å²) in [4.78, 5) is 14.3. The Morgan fingerprint density at radius 3 is 2.67 bits per heavy atom. The summed E-state index contributed by atoms with van der Waals surface area (Å²) in [6, 6.07) is 13.9. The third-order valence-corrected chi connectivity index (χ3v) is 4.26. The number of methoxy groups -OCH3 is 1. The van der Waals surface area contributed by atoms with Crippen LogP contribution in [0.15, 0.2) is 48.5 Å². The Bertz CT molecular complexity index is 702. The highest BCUT2D eigenvalue weighted by Crippen LogP contribution is 2.32. The number of para-hydroxylation sites is 1. The van der Waals surface area contributed by atoms with Crippen molar-refractivity contribution in [3.63, 3.8) is 0 Å². The summed E-state index contributed by atoms with van der Waals surface area (Å²) in [7, 11) is 1.63. The first kappa shape index (κ1) is 16.3. The molecule has 0 bridgehead atoms. The topological polar surface area (TPSA) is 38.8 Å². The second kappa shape index (κ2) is 7.34. The van der Waals surface area contributed by atoms with E-state index < -0.39 is 5.82 Å². The van der Waals surface area contributed by atoms with Gasteiger partial charge in [0.25, 0.3) is 5.91 Å². The maximum atomic E-state index is 13.6. The molecule has 1 aliphatic heterocycles. The number of ether oxygens (including phenoxy) is 2. The Morgan fingerprint density at radius 1 is 1.21 bits per heavy atom. The van der Waals surface area contributed by atoms with Crippen LogP contribution in [0.2, 0.25) is 0 Å². The van der Waals surface area contributed by atoms with E-state index in [9.17, 15) is 9.18 Å². The first-order valence-electron chi connectivity index (χ1n) is 8.00. The standard InChI is InChI=1S/C19H20FNO3/c1-23-15-10-8-14(9-11-15)17-6-4-12-21(17)19(22)13-24-18-7-3-2-5-16(18)20/h2-3,5,7-11,17H,4,6,12-13H2,1H3. The van der Waals surface area contributed by atoms with Gasteiger partial charge < -0.3 is 14.4 Å². The van der Waals surface area contributed by atoms with Crippen molar-refractivity contribution in [1.29, 1.82) is 0 Å². The van der Waals surface area contributed by atoms with Crippen LogP contribution < -0.4 is 9.47 Å². The van der Waals surface area contributed by atoms with Gasteiger partial charge in [-0.1, -0.05) is 24.3 Å². The molecule has 4 nitrogen and oxygen atoms in total. The van der Waals surface area contributed by atoms with E-state index in [1.165, 1.54) is 12.1 Å². The predicted octanol–water partition coefficient (Wildman–Crippen LogP) is 3.58. The maximum absolute atomic E-state index is 13.6. The van der Waals surface area contributed by atoms with Crippen molar-refractivity contribution in [3.8, 4) is 11.5 Å². The molecule has 0 aliphatic carbocycles. The van der Waals surface area contributed by atoms with E-state index >= 15 is 0 Å². The van der Waals surface area contributed by atoms with E-state index in [1.807, 2.05) is 29.2 Å². The number of hydrogen-bond acceptors (Lipinski definition) is 3. The molecule has 0 saturated carbocycles. The van der Waals surface area contributed by atoms with Crippen molar-refractivity contribution in [2.45, 2.75) is 18.9 Å². The normalized spacial score (nSPS) is 16.9. The maximum Gasteiger partial charge on any atom is 0.261 e. The average Bonchev–Trinajstić information content (AvgIpc) is 3.10. The number of halogens is 1. The SMILES string of the molecule is COc1ccc(C2CCCN2C(=O)COc2ccccc2F)cc1. The Hall–Kier alpha value is -2.56. The van der Waals surface area contributed by atoms with Crippen LogP contribution in [0.3, 0.4) is 0 Å². The Kier molecular flexibility index (Phi) is 4.99. The number of hydrogen-bond donors (Lipinski definition) is 0. The van der Waals surface area contributed by atoms with Gasteiger partial charge in [0.05, 0.1) is 13.2 Å². The minimum atomic E-state index is -0.460. The summed E-state index contributed by atoms with van der Waals surface area (Å²) in [5.74, 6) is 0.304. The zero-order valence-electron chi connectivity index (χ0n) is 13.6. The minimum absolute atomic E-state index is 0.0348. The third kappa shape index (κ3) is 3.50. The molecule has 0 radical (unpaired) electrons. The van der Waals surface area contributed by atoms with Crippen LogP contribution in [0.4, 0.5) is 4.39 Å². The van der Waals surface area contributed by atoms with Crippen LogP contribution >= 0.6 is 0 Å². The van der Waals surface area contributed by atoms with E-state index in [1.54, 1.807) is 19.2 Å². The Morgan fingerprint density at radius 2 is 1.96 bits per heavy atom. The molecule has 126 valence electrons. The van der Waals surface area contributed by atoms with Gasteiger partial charge in [0.15, 0.2) is 18.2 Å². The van der Waals surface area contributed by atoms with E-state index in [4.69, 9.17) is 9.47 Å². The first-order valence-corrected chi connectivity index (χ1v) is 8.00. The van der Waals surface area contributed by atoms with Crippen molar-refractivity contribution >= 4 is 5.91 Å². The highest BCUT2D eigenvalue weighted by atomic mass is 19.1. The summed E-state index contributed by atoms with van der Waals surface area (Å²) in [6.45, 7) is 0.531. The highest BCUT2D eigenvalue weighted by Gasteiger charge is 2.30. The van der Waals surface area contributed by atoms with Gasteiger partial charge >= 0.3 is 0 Å². The summed E-state index contributed by atoms with van der Waals surface area (Å²) in [5, 5.41) is 0. The summed E-state index contributed by atoms with van der Waals surface area (Å²) < 4.78 is 24.1. The number of benzene rings is 2. The fourth-order valence-corrected chi connectivity index (χ4v) is 3.02. The van der Waals surface area contributed by atoms with Gasteiger partial charge in [-0.15, -0.1) is 0 Å². The monoisotopic (exact) mass is 329 g/mol. The van der Waals surface area contributed by atoms with Gasteiger partial charge in [0.1, 0.15) is 5.75 Å². The van der Waals surface area contributed by atoms with Crippen molar-refractivity contribution in [2.24, 2.45) is 0 Å². The van der Waals surface area contributed by atoms with Crippen molar-refractivity contribution in [2.75, 3.05) is 20.3 Å². The lowest BCUT2D eigenvalue weighted by atomic mass is 10.0. The molecule has 5 heteroatoms. The first-order chi connectivity index (χ1) is 11.7. The Balaban J connectivity index is 1.66. The molecule has 1 heterocycles. The van der Waals surface area contributed by atoms with Crippen LogP contribution in [0.25, 0.3) is 0 Å². The van der Waals surface area contributed by atoms with Crippen molar-refractivity contribution in [1.82, 2.24) is 4.90 Å². The van der Waals surface area contributed by atoms with Gasteiger partial charge in [0, 0.05) is 6.54 Å². The van der Waals surface area contributed by atoms with Gasteiger partial charge in [0.2, 0.25) is 0 Å². The second-order valence-electron chi connectivity index (χ2n) is 5.74. The molecule has 2 aromatic rings. The second-order valence-corrected chi connectivity index (χ2v) is 5.74. The zero-order chi connectivity index (χ0) is 16.9. The molecule has 1 saturated heterocycles. The molecular weight excluding hydrogens is 309 g/mol. The van der Waals surface area contributed by atoms with E-state index in [0.717, 1.165) is 24.2 Å². The number of carbonyl (C=O) groups is 1. The molecule has 1 aliphatic rings. The largest absolute Gasteiger partial charge is 0.497 e. The molecule has 0 aromatic heterocycles. The minimum Gasteiger partial charge on any atom is -0.497 e. The molecule has 24 heavy (non-hydrogen) atoms. The number of likely N-dealkylation sites (tertiary alicyclic amines) is 1. The van der Waals surface area contributed by atoms with Crippen LogP contribution in [0.5, 0.6) is 11.5 Å². The van der Waals surface area contributed by atoms with E-state index in [-0.39, 0.29) is 24.3 Å². The summed E-state index contributed by atoms with van der Waals surface area (Å²) in [6.07, 6.45) is 1.86. The lowest BCUT2D eigenvalue weighted by Crippen LogP contribution is -2.34. The molecule has 1 amide bonds. The van der Waals surface area contributed by atoms with E-state index in [2.05, 4.69) is 0 Å². The lowest BCUT2D eigenvalue weighted by molar-refractivity contribution is -0.134. The summed E-state index contributed by atoms with van der Waals surface area (Å²) in [5.41, 5.74) is 1.08. The number of rotatable bonds is 5. The molecule has 1 fully saturated rings. The van der Waals surface area contributed by atoms with Crippen LogP contribution in [-0.4, -0.2) is 31.1 Å². The number of amides is 1. The highest BCUT2D eigenvalue weighted by molar-refractivity contribution is 5.78. The molecule has 2 aromatic carbocycles. The molecule has 3 rings (SSSR count). The molecule has 1 unspecified atom stereocenters. The van der Waals surface area contributed by atoms with Crippen LogP contribution in [-0.2, 0) is 4.79 Å². The van der Waals surface area contributed by atoms with Crippen molar-refractivity contribution < 1.29 is 18.7 Å². The number of carbonyl (C=O) groups excluding carboxylic acids is 1. The van der Waals surface area contributed by atoms with E-state index in [0.29, 0.717) is 6.54 Å². The van der Waals surface area contributed by atoms with Gasteiger partial charge in [-0.2, -0.15) is 0 Å². The van der Waals surface area contributed by atoms with Gasteiger partial charge in [-0.25, -0.2) is 4.39 Å². The smallest absolute Gasteiger partial charge is 0.261 e. The molecule has 1 atom stereocenters. The lowest BCUT2D eigenvalue weighted by Gasteiger charge is -2.25. The fraction of sp³-hybridized carbons (Fsp3) is 0.316. The predicted molar refractivity (Wildman–Crippen MR) is 88.6 cm³/mol. The molecular formula is C19H20FNO3. The van der Waals surface area contributed by atoms with Crippen molar-refractivity contribution in [3.05, 3.63) is 59.9 Å². The van der Waals surface area contributed by atoms with Gasteiger partial charge in [-0.3, -0.25) is 4.79 Å². The quantitative estimate of drug-likeness (QED) is 0.842. The average molecular weight is 329 g/mol. The third-order valence-electron chi connectivity index (χ3n) is 4.26. The molecule has 0 N–H and O–H groups in total. The number of nitrogens with zero attached hydrogens (tertiary/aromatic N) is 1. The molecule has 0 spiro atoms. The summed E-state index contributed by atoms with van der Waals surface area (Å²) >= 11 is 0. The van der Waals surface area contributed by atoms with Gasteiger partial charge in [-0.05, 0) is 42.7 Å². The fourth-order valence-electron chi connectivity index (χ4n) is 3.02. The Labute approximate surface area is 140 Å². The zero-order valence-corrected chi connectivity index (χ0v) is 13.6.